The number of benzene rings is 1. The van der Waals surface area contributed by atoms with Crippen molar-refractivity contribution >= 4 is 15.9 Å². The molecule has 3 heteroatoms. The summed E-state index contributed by atoms with van der Waals surface area (Å²) in [5.41, 5.74) is 1.17. The van der Waals surface area contributed by atoms with Gasteiger partial charge in [-0.15, -0.1) is 0 Å². The lowest BCUT2D eigenvalue weighted by molar-refractivity contribution is 0.611. The van der Waals surface area contributed by atoms with Gasteiger partial charge in [0, 0.05) is 6.04 Å². The lowest BCUT2D eigenvalue weighted by Gasteiger charge is -2.10. The van der Waals surface area contributed by atoms with E-state index in [1.54, 1.807) is 0 Å². The van der Waals surface area contributed by atoms with E-state index >= 15 is 0 Å². The average molecular weight is 244 g/mol. The summed E-state index contributed by atoms with van der Waals surface area (Å²) in [5, 5.41) is 3.38. The monoisotopic (exact) mass is 243 g/mol. The van der Waals surface area contributed by atoms with Crippen LogP contribution in [0.1, 0.15) is 24.4 Å². The molecule has 2 rings (SSSR count). The van der Waals surface area contributed by atoms with Crippen molar-refractivity contribution in [2.24, 2.45) is 0 Å². The number of hydrogen-bond acceptors (Lipinski definition) is 1. The first-order chi connectivity index (χ1) is 6.27. The van der Waals surface area contributed by atoms with Crippen LogP contribution in [0.15, 0.2) is 22.7 Å². The lowest BCUT2D eigenvalue weighted by atomic mass is 10.1. The van der Waals surface area contributed by atoms with Crippen LogP contribution in [0.5, 0.6) is 0 Å². The molecule has 0 unspecified atom stereocenters. The Morgan fingerprint density at radius 1 is 1.46 bits per heavy atom. The Hall–Kier alpha value is -0.410. The summed E-state index contributed by atoms with van der Waals surface area (Å²) in [4.78, 5) is 0. The fourth-order valence-electron chi connectivity index (χ4n) is 1.70. The van der Waals surface area contributed by atoms with Crippen LogP contribution in [0.4, 0.5) is 4.39 Å². The van der Waals surface area contributed by atoms with Crippen molar-refractivity contribution < 1.29 is 4.39 Å². The second-order valence-corrected chi connectivity index (χ2v) is 4.18. The molecule has 0 saturated carbocycles. The van der Waals surface area contributed by atoms with Crippen LogP contribution in [-0.4, -0.2) is 6.54 Å². The van der Waals surface area contributed by atoms with Crippen LogP contribution in [-0.2, 0) is 0 Å². The fraction of sp³-hybridized carbons (Fsp3) is 0.400. The van der Waals surface area contributed by atoms with Gasteiger partial charge in [-0.2, -0.15) is 0 Å². The van der Waals surface area contributed by atoms with E-state index in [-0.39, 0.29) is 5.82 Å². The zero-order valence-corrected chi connectivity index (χ0v) is 8.77. The summed E-state index contributed by atoms with van der Waals surface area (Å²) in [6.07, 6.45) is 2.36. The molecule has 0 bridgehead atoms. The van der Waals surface area contributed by atoms with E-state index in [0.29, 0.717) is 10.5 Å². The highest BCUT2D eigenvalue weighted by Gasteiger charge is 2.16. The van der Waals surface area contributed by atoms with Crippen molar-refractivity contribution in [3.05, 3.63) is 34.1 Å². The highest BCUT2D eigenvalue weighted by Crippen LogP contribution is 2.26. The van der Waals surface area contributed by atoms with Crippen molar-refractivity contribution in [1.82, 2.24) is 5.32 Å². The van der Waals surface area contributed by atoms with E-state index < -0.39 is 0 Å². The third-order valence-electron chi connectivity index (χ3n) is 2.41. The van der Waals surface area contributed by atoms with Crippen molar-refractivity contribution in [2.45, 2.75) is 18.9 Å². The number of halogens is 2. The Bertz CT molecular complexity index is 308. The summed E-state index contributed by atoms with van der Waals surface area (Å²) in [5.74, 6) is -0.193. The molecule has 0 radical (unpaired) electrons. The first kappa shape index (κ1) is 9.16. The molecule has 0 amide bonds. The summed E-state index contributed by atoms with van der Waals surface area (Å²) >= 11 is 3.19. The van der Waals surface area contributed by atoms with E-state index in [2.05, 4.69) is 21.2 Å². The van der Waals surface area contributed by atoms with Gasteiger partial charge in [0.05, 0.1) is 4.47 Å². The third kappa shape index (κ3) is 1.92. The van der Waals surface area contributed by atoms with Crippen molar-refractivity contribution in [1.29, 1.82) is 0 Å². The van der Waals surface area contributed by atoms with Gasteiger partial charge in [-0.3, -0.25) is 0 Å². The van der Waals surface area contributed by atoms with Gasteiger partial charge in [0.15, 0.2) is 0 Å². The maximum atomic E-state index is 12.9. The summed E-state index contributed by atoms with van der Waals surface area (Å²) in [6, 6.07) is 5.64. The highest BCUT2D eigenvalue weighted by molar-refractivity contribution is 9.10. The Balaban J connectivity index is 2.25. The zero-order chi connectivity index (χ0) is 9.26. The summed E-state index contributed by atoms with van der Waals surface area (Å²) in [7, 11) is 0. The largest absolute Gasteiger partial charge is 0.310 e. The van der Waals surface area contributed by atoms with Crippen LogP contribution >= 0.6 is 15.9 Å². The molecule has 1 heterocycles. The molecule has 70 valence electrons. The smallest absolute Gasteiger partial charge is 0.137 e. The second-order valence-electron chi connectivity index (χ2n) is 3.32. The fourth-order valence-corrected chi connectivity index (χ4v) is 2.09. The molecular weight excluding hydrogens is 233 g/mol. The molecule has 1 aliphatic heterocycles. The molecule has 1 aliphatic rings. The molecule has 1 aromatic rings. The molecular formula is C10H11BrFN. The first-order valence-corrected chi connectivity index (χ1v) is 5.25. The van der Waals surface area contributed by atoms with Gasteiger partial charge in [0.25, 0.3) is 0 Å². The molecule has 1 nitrogen and oxygen atoms in total. The lowest BCUT2D eigenvalue weighted by Crippen LogP contribution is -2.12. The van der Waals surface area contributed by atoms with Gasteiger partial charge in [-0.25, -0.2) is 4.39 Å². The maximum absolute atomic E-state index is 12.9. The summed E-state index contributed by atoms with van der Waals surface area (Å²) < 4.78 is 13.5. The van der Waals surface area contributed by atoms with Crippen LogP contribution in [0.2, 0.25) is 0 Å². The molecule has 1 saturated heterocycles. The normalized spacial score (nSPS) is 22.2. The molecule has 1 N–H and O–H groups in total. The quantitative estimate of drug-likeness (QED) is 0.800. The molecule has 1 fully saturated rings. The minimum absolute atomic E-state index is 0.193. The minimum Gasteiger partial charge on any atom is -0.310 e. The first-order valence-electron chi connectivity index (χ1n) is 4.46. The van der Waals surface area contributed by atoms with Gasteiger partial charge in [-0.1, -0.05) is 6.07 Å². The van der Waals surface area contributed by atoms with Crippen LogP contribution in [0, 0.1) is 5.82 Å². The SMILES string of the molecule is Fc1ccc([C@H]2CCCN2)cc1Br. The number of nitrogens with one attached hydrogen (secondary N) is 1. The van der Waals surface area contributed by atoms with Crippen LogP contribution in [0.25, 0.3) is 0 Å². The Labute approximate surface area is 85.5 Å². The van der Waals surface area contributed by atoms with Crippen molar-refractivity contribution in [3.8, 4) is 0 Å². The summed E-state index contributed by atoms with van der Waals surface area (Å²) in [6.45, 7) is 1.07. The molecule has 0 aliphatic carbocycles. The molecule has 0 spiro atoms. The van der Waals surface area contributed by atoms with E-state index in [1.807, 2.05) is 12.1 Å². The van der Waals surface area contributed by atoms with Crippen LogP contribution < -0.4 is 5.32 Å². The van der Waals surface area contributed by atoms with Gasteiger partial charge >= 0.3 is 0 Å². The maximum Gasteiger partial charge on any atom is 0.137 e. The van der Waals surface area contributed by atoms with E-state index in [9.17, 15) is 4.39 Å². The molecule has 0 aromatic heterocycles. The Kier molecular flexibility index (Phi) is 2.65. The molecule has 1 aromatic carbocycles. The van der Waals surface area contributed by atoms with E-state index in [0.717, 1.165) is 13.0 Å². The predicted molar refractivity (Wildman–Crippen MR) is 54.1 cm³/mol. The van der Waals surface area contributed by atoms with Crippen LogP contribution in [0.3, 0.4) is 0 Å². The van der Waals surface area contributed by atoms with Crippen molar-refractivity contribution in [3.63, 3.8) is 0 Å². The van der Waals surface area contributed by atoms with Crippen molar-refractivity contribution in [2.75, 3.05) is 6.54 Å². The number of rotatable bonds is 1. The van der Waals surface area contributed by atoms with E-state index in [4.69, 9.17) is 0 Å². The molecule has 13 heavy (non-hydrogen) atoms. The highest BCUT2D eigenvalue weighted by atomic mass is 79.9. The standard InChI is InChI=1S/C10H11BrFN/c11-8-6-7(3-4-9(8)12)10-2-1-5-13-10/h3-4,6,10,13H,1-2,5H2/t10-/m1/s1. The Morgan fingerprint density at radius 2 is 2.31 bits per heavy atom. The van der Waals surface area contributed by atoms with Gasteiger partial charge in [-0.05, 0) is 53.0 Å². The Morgan fingerprint density at radius 3 is 2.92 bits per heavy atom. The van der Waals surface area contributed by atoms with Gasteiger partial charge in [0.1, 0.15) is 5.82 Å². The topological polar surface area (TPSA) is 12.0 Å². The number of hydrogen-bond donors (Lipinski definition) is 1. The molecule has 1 atom stereocenters. The van der Waals surface area contributed by atoms with E-state index in [1.165, 1.54) is 18.1 Å². The van der Waals surface area contributed by atoms with Gasteiger partial charge < -0.3 is 5.32 Å². The zero-order valence-electron chi connectivity index (χ0n) is 7.19. The second kappa shape index (κ2) is 3.76. The predicted octanol–water partition coefficient (Wildman–Crippen LogP) is 3.01. The average Bonchev–Trinajstić information content (AvgIpc) is 2.62. The third-order valence-corrected chi connectivity index (χ3v) is 3.01. The van der Waals surface area contributed by atoms with Gasteiger partial charge in [0.2, 0.25) is 0 Å². The minimum atomic E-state index is -0.193.